The molecule has 9 aromatic carbocycles. The van der Waals surface area contributed by atoms with E-state index >= 15 is 0 Å². The van der Waals surface area contributed by atoms with Gasteiger partial charge in [-0.2, -0.15) is 5.26 Å². The van der Waals surface area contributed by atoms with Crippen LogP contribution in [0.15, 0.2) is 167 Å². The lowest BCUT2D eigenvalue weighted by Crippen LogP contribution is -2.01. The summed E-state index contributed by atoms with van der Waals surface area (Å²) in [7, 11) is 0. The molecule has 0 bridgehead atoms. The number of hydrogen-bond donors (Lipinski definition) is 0. The van der Waals surface area contributed by atoms with Gasteiger partial charge in [-0.25, -0.2) is 15.0 Å². The van der Waals surface area contributed by atoms with Crippen molar-refractivity contribution in [1.82, 2.24) is 15.0 Å². The molecule has 6 heteroatoms. The Morgan fingerprint density at radius 3 is 1.27 bits per heavy atom. The van der Waals surface area contributed by atoms with Gasteiger partial charge in [-0.15, -0.1) is 0 Å². The zero-order valence-corrected chi connectivity index (χ0v) is 29.6. The van der Waals surface area contributed by atoms with Gasteiger partial charge < -0.3 is 8.83 Å². The molecule has 0 aliphatic heterocycles. The second-order valence-corrected chi connectivity index (χ2v) is 14.2. The summed E-state index contributed by atoms with van der Waals surface area (Å²) in [4.78, 5) is 15.7. The molecule has 0 fully saturated rings. The monoisotopic (exact) mass is 714 g/mol. The third-order valence-electron chi connectivity index (χ3n) is 11.1. The second kappa shape index (κ2) is 11.6. The molecular formula is C50H26N4O2. The Morgan fingerprint density at radius 2 is 0.804 bits per heavy atom. The maximum atomic E-state index is 9.60. The van der Waals surface area contributed by atoms with Gasteiger partial charge in [0.05, 0.1) is 22.8 Å². The molecule has 3 heterocycles. The Hall–Kier alpha value is -7.88. The Balaban J connectivity index is 1.21. The van der Waals surface area contributed by atoms with Crippen LogP contribution in [0.5, 0.6) is 0 Å². The summed E-state index contributed by atoms with van der Waals surface area (Å²) in [6, 6.07) is 55.7. The van der Waals surface area contributed by atoms with Crippen molar-refractivity contribution < 1.29 is 8.83 Å². The van der Waals surface area contributed by atoms with Crippen LogP contribution in [0.25, 0.3) is 121 Å². The summed E-state index contributed by atoms with van der Waals surface area (Å²) >= 11 is 0. The second-order valence-electron chi connectivity index (χ2n) is 14.2. The Labute approximate surface area is 318 Å². The van der Waals surface area contributed by atoms with E-state index in [2.05, 4.69) is 127 Å². The highest BCUT2D eigenvalue weighted by atomic mass is 16.3. The van der Waals surface area contributed by atoms with E-state index in [1.165, 1.54) is 0 Å². The van der Waals surface area contributed by atoms with Gasteiger partial charge in [-0.3, -0.25) is 0 Å². The van der Waals surface area contributed by atoms with E-state index in [9.17, 15) is 5.26 Å². The molecule has 0 spiro atoms. The van der Waals surface area contributed by atoms with Crippen molar-refractivity contribution in [2.24, 2.45) is 0 Å². The van der Waals surface area contributed by atoms with Crippen LogP contribution in [0, 0.1) is 11.3 Å². The fourth-order valence-corrected chi connectivity index (χ4v) is 8.55. The number of furan rings is 2. The van der Waals surface area contributed by atoms with Gasteiger partial charge in [0.2, 0.25) is 0 Å². The predicted octanol–water partition coefficient (Wildman–Crippen LogP) is 13.2. The molecule has 0 atom stereocenters. The Bertz CT molecular complexity index is 3450. The quantitative estimate of drug-likeness (QED) is 0.181. The summed E-state index contributed by atoms with van der Waals surface area (Å²) in [5, 5.41) is 22.6. The lowest BCUT2D eigenvalue weighted by molar-refractivity contribution is 0.670. The molecule has 12 rings (SSSR count). The van der Waals surface area contributed by atoms with E-state index in [1.54, 1.807) is 12.1 Å². The zero-order chi connectivity index (χ0) is 36.9. The van der Waals surface area contributed by atoms with Gasteiger partial charge >= 0.3 is 0 Å². The van der Waals surface area contributed by atoms with Gasteiger partial charge in [-0.05, 0) is 91.6 Å². The number of rotatable bonds is 3. The Morgan fingerprint density at radius 1 is 0.393 bits per heavy atom. The standard InChI is InChI=1S/C50H26N4O2/c51-27-28-17-19-31(20-18-28)48-52-49(38-25-32-11-3-7-15-36(32)44-42-34-13-5-1-9-29(34)21-23-40(42)55-46(38)44)54-50(53-48)39-26-33-12-4-8-16-37(33)45-43-35-14-6-2-10-30(35)22-24-41(43)56-47(39)45/h1-26H. The molecular weight excluding hydrogens is 689 g/mol. The third-order valence-corrected chi connectivity index (χ3v) is 11.1. The van der Waals surface area contributed by atoms with E-state index in [0.29, 0.717) is 34.2 Å². The molecule has 0 saturated heterocycles. The van der Waals surface area contributed by atoms with Crippen LogP contribution < -0.4 is 0 Å². The van der Waals surface area contributed by atoms with Crippen LogP contribution in [-0.4, -0.2) is 15.0 Å². The number of nitrogens with zero attached hydrogens (tertiary/aromatic N) is 4. The van der Waals surface area contributed by atoms with Crippen molar-refractivity contribution in [2.75, 3.05) is 0 Å². The first kappa shape index (κ1) is 30.6. The predicted molar refractivity (Wildman–Crippen MR) is 225 cm³/mol. The van der Waals surface area contributed by atoms with Crippen molar-refractivity contribution in [3.05, 3.63) is 163 Å². The van der Waals surface area contributed by atoms with Crippen molar-refractivity contribution in [3.63, 3.8) is 0 Å². The molecule has 0 amide bonds. The van der Waals surface area contributed by atoms with Crippen molar-refractivity contribution in [1.29, 1.82) is 5.26 Å². The molecule has 0 aliphatic rings. The molecule has 12 aromatic rings. The highest BCUT2D eigenvalue weighted by Gasteiger charge is 2.24. The highest BCUT2D eigenvalue weighted by molar-refractivity contribution is 6.30. The fourth-order valence-electron chi connectivity index (χ4n) is 8.55. The lowest BCUT2D eigenvalue weighted by atomic mass is 9.96. The maximum Gasteiger partial charge on any atom is 0.167 e. The van der Waals surface area contributed by atoms with Gasteiger partial charge in [0.1, 0.15) is 22.3 Å². The first-order valence-corrected chi connectivity index (χ1v) is 18.5. The Kier molecular flexibility index (Phi) is 6.31. The van der Waals surface area contributed by atoms with Gasteiger partial charge in [0.25, 0.3) is 0 Å². The van der Waals surface area contributed by atoms with E-state index in [0.717, 1.165) is 92.5 Å². The van der Waals surface area contributed by atoms with E-state index in [1.807, 2.05) is 24.3 Å². The number of hydrogen-bond acceptors (Lipinski definition) is 6. The van der Waals surface area contributed by atoms with Crippen molar-refractivity contribution >= 4 is 87.0 Å². The number of fused-ring (bicyclic) bond motifs is 14. The van der Waals surface area contributed by atoms with E-state index in [4.69, 9.17) is 23.8 Å². The minimum Gasteiger partial charge on any atom is -0.455 e. The first-order chi connectivity index (χ1) is 27.7. The summed E-state index contributed by atoms with van der Waals surface area (Å²) in [6.45, 7) is 0. The van der Waals surface area contributed by atoms with Crippen molar-refractivity contribution in [2.45, 2.75) is 0 Å². The highest BCUT2D eigenvalue weighted by Crippen LogP contribution is 2.45. The topological polar surface area (TPSA) is 88.7 Å². The first-order valence-electron chi connectivity index (χ1n) is 18.5. The van der Waals surface area contributed by atoms with Crippen LogP contribution in [0.4, 0.5) is 0 Å². The molecule has 258 valence electrons. The number of benzene rings is 9. The minimum absolute atomic E-state index is 0.469. The molecule has 0 saturated carbocycles. The zero-order valence-electron chi connectivity index (χ0n) is 29.6. The normalized spacial score (nSPS) is 11.9. The van der Waals surface area contributed by atoms with Crippen LogP contribution in [-0.2, 0) is 0 Å². The SMILES string of the molecule is N#Cc1ccc(-c2nc(-c3cc4ccccc4c4c3oc3ccc5ccccc5c34)nc(-c3cc4ccccc4c4c3oc3ccc5ccccc5c34)n2)cc1. The molecule has 0 radical (unpaired) electrons. The number of nitriles is 1. The summed E-state index contributed by atoms with van der Waals surface area (Å²) in [6.07, 6.45) is 0. The summed E-state index contributed by atoms with van der Waals surface area (Å²) in [5.74, 6) is 1.41. The summed E-state index contributed by atoms with van der Waals surface area (Å²) < 4.78 is 13.7. The van der Waals surface area contributed by atoms with Gasteiger partial charge in [0.15, 0.2) is 17.5 Å². The molecule has 0 N–H and O–H groups in total. The van der Waals surface area contributed by atoms with E-state index in [-0.39, 0.29) is 0 Å². The molecule has 6 nitrogen and oxygen atoms in total. The molecule has 0 aliphatic carbocycles. The van der Waals surface area contributed by atoms with Gasteiger partial charge in [0, 0.05) is 27.1 Å². The van der Waals surface area contributed by atoms with E-state index < -0.39 is 0 Å². The molecule has 56 heavy (non-hydrogen) atoms. The third kappa shape index (κ3) is 4.40. The maximum absolute atomic E-state index is 9.60. The van der Waals surface area contributed by atoms with Crippen LogP contribution in [0.3, 0.4) is 0 Å². The fraction of sp³-hybridized carbons (Fsp3) is 0. The average molecular weight is 715 g/mol. The molecule has 3 aromatic heterocycles. The van der Waals surface area contributed by atoms with Crippen LogP contribution >= 0.6 is 0 Å². The summed E-state index contributed by atoms with van der Waals surface area (Å²) in [5.41, 5.74) is 5.82. The lowest BCUT2D eigenvalue weighted by Gasteiger charge is -2.11. The smallest absolute Gasteiger partial charge is 0.167 e. The molecule has 0 unspecified atom stereocenters. The largest absolute Gasteiger partial charge is 0.455 e. The average Bonchev–Trinajstić information content (AvgIpc) is 3.86. The van der Waals surface area contributed by atoms with Crippen molar-refractivity contribution in [3.8, 4) is 40.2 Å². The van der Waals surface area contributed by atoms with Crippen LogP contribution in [0.1, 0.15) is 5.56 Å². The minimum atomic E-state index is 0.469. The van der Waals surface area contributed by atoms with Crippen LogP contribution in [0.2, 0.25) is 0 Å². The van der Waals surface area contributed by atoms with Gasteiger partial charge in [-0.1, -0.05) is 109 Å². The number of aromatic nitrogens is 3.